The molecule has 0 unspecified atom stereocenters. The first-order chi connectivity index (χ1) is 12.6. The number of piperidine rings is 1. The SMILES string of the molecule is CC(C)C1CCN(CCCCN2C(=O)c3cccc4cccc2c34)CC1. The van der Waals surface area contributed by atoms with Crippen LogP contribution in [0.25, 0.3) is 10.8 Å². The number of nitrogens with zero attached hydrogens (tertiary/aromatic N) is 2. The molecule has 0 saturated carbocycles. The minimum absolute atomic E-state index is 0.176. The standard InChI is InChI=1S/C23H30N2O/c1-17(2)18-11-15-24(16-12-18)13-3-4-14-25-21-10-6-8-19-7-5-9-20(22(19)21)23(25)26/h5-10,17-18H,3-4,11-16H2,1-2H3. The van der Waals surface area contributed by atoms with E-state index < -0.39 is 0 Å². The van der Waals surface area contributed by atoms with Crippen molar-refractivity contribution in [1.82, 2.24) is 4.90 Å². The summed E-state index contributed by atoms with van der Waals surface area (Å²) in [4.78, 5) is 17.4. The summed E-state index contributed by atoms with van der Waals surface area (Å²) in [7, 11) is 0. The van der Waals surface area contributed by atoms with Crippen molar-refractivity contribution in [2.45, 2.75) is 39.5 Å². The van der Waals surface area contributed by atoms with E-state index in [-0.39, 0.29) is 5.91 Å². The largest absolute Gasteiger partial charge is 0.308 e. The molecule has 1 saturated heterocycles. The Morgan fingerprint density at radius 3 is 2.42 bits per heavy atom. The average molecular weight is 351 g/mol. The molecule has 0 aromatic heterocycles. The summed E-state index contributed by atoms with van der Waals surface area (Å²) in [5.41, 5.74) is 1.97. The summed E-state index contributed by atoms with van der Waals surface area (Å²) in [6.45, 7) is 9.20. The zero-order chi connectivity index (χ0) is 18.1. The Morgan fingerprint density at radius 1 is 1.00 bits per heavy atom. The number of hydrogen-bond donors (Lipinski definition) is 0. The van der Waals surface area contributed by atoms with E-state index in [2.05, 4.69) is 43.0 Å². The Kier molecular flexibility index (Phi) is 4.99. The van der Waals surface area contributed by atoms with Crippen molar-refractivity contribution in [3.63, 3.8) is 0 Å². The quantitative estimate of drug-likeness (QED) is 0.688. The third kappa shape index (κ3) is 3.25. The van der Waals surface area contributed by atoms with Crippen molar-refractivity contribution in [2.24, 2.45) is 11.8 Å². The third-order valence-electron chi connectivity index (χ3n) is 6.33. The predicted octanol–water partition coefficient (Wildman–Crippen LogP) is 4.95. The smallest absolute Gasteiger partial charge is 0.258 e. The van der Waals surface area contributed by atoms with E-state index in [1.807, 2.05) is 17.0 Å². The van der Waals surface area contributed by atoms with Gasteiger partial charge in [-0.25, -0.2) is 0 Å². The molecule has 138 valence electrons. The number of benzene rings is 2. The van der Waals surface area contributed by atoms with Crippen LogP contribution in [0.2, 0.25) is 0 Å². The van der Waals surface area contributed by atoms with Gasteiger partial charge in [-0.1, -0.05) is 38.1 Å². The van der Waals surface area contributed by atoms with Crippen LogP contribution in [-0.2, 0) is 0 Å². The van der Waals surface area contributed by atoms with Crippen molar-refractivity contribution in [3.05, 3.63) is 42.0 Å². The Bertz CT molecular complexity index is 785. The molecular weight excluding hydrogens is 320 g/mol. The number of carbonyl (C=O) groups is 1. The second-order valence-corrected chi connectivity index (χ2v) is 8.27. The van der Waals surface area contributed by atoms with Crippen LogP contribution in [0.15, 0.2) is 36.4 Å². The first kappa shape index (κ1) is 17.5. The monoisotopic (exact) mass is 350 g/mol. The van der Waals surface area contributed by atoms with Gasteiger partial charge >= 0.3 is 0 Å². The highest BCUT2D eigenvalue weighted by Gasteiger charge is 2.29. The van der Waals surface area contributed by atoms with Gasteiger partial charge in [-0.15, -0.1) is 0 Å². The molecule has 2 aromatic rings. The summed E-state index contributed by atoms with van der Waals surface area (Å²) in [6.07, 6.45) is 4.93. The number of hydrogen-bond acceptors (Lipinski definition) is 2. The lowest BCUT2D eigenvalue weighted by Crippen LogP contribution is -2.36. The molecule has 2 aliphatic heterocycles. The van der Waals surface area contributed by atoms with Crippen LogP contribution in [0.3, 0.4) is 0 Å². The second kappa shape index (κ2) is 7.40. The molecule has 1 amide bonds. The Balaban J connectivity index is 1.30. The van der Waals surface area contributed by atoms with Crippen LogP contribution in [0.1, 0.15) is 49.9 Å². The van der Waals surface area contributed by atoms with Crippen molar-refractivity contribution in [2.75, 3.05) is 31.1 Å². The molecule has 2 heterocycles. The lowest BCUT2D eigenvalue weighted by molar-refractivity contribution is 0.0992. The van der Waals surface area contributed by atoms with Crippen molar-refractivity contribution in [3.8, 4) is 0 Å². The van der Waals surface area contributed by atoms with E-state index in [1.54, 1.807) is 0 Å². The van der Waals surface area contributed by atoms with Gasteiger partial charge in [-0.05, 0) is 74.7 Å². The summed E-state index contributed by atoms with van der Waals surface area (Å²) >= 11 is 0. The highest BCUT2D eigenvalue weighted by molar-refractivity contribution is 6.24. The molecule has 0 bridgehead atoms. The highest BCUT2D eigenvalue weighted by Crippen LogP contribution is 2.37. The van der Waals surface area contributed by atoms with Crippen LogP contribution in [-0.4, -0.2) is 37.0 Å². The second-order valence-electron chi connectivity index (χ2n) is 8.27. The Labute approximate surface area is 157 Å². The number of carbonyl (C=O) groups excluding carboxylic acids is 1. The van der Waals surface area contributed by atoms with E-state index in [1.165, 1.54) is 44.3 Å². The van der Waals surface area contributed by atoms with Gasteiger partial charge in [0.1, 0.15) is 0 Å². The molecule has 2 aromatic carbocycles. The molecule has 1 fully saturated rings. The van der Waals surface area contributed by atoms with Crippen LogP contribution in [0.5, 0.6) is 0 Å². The van der Waals surface area contributed by atoms with Gasteiger partial charge in [0.2, 0.25) is 0 Å². The van der Waals surface area contributed by atoms with Crippen LogP contribution in [0.4, 0.5) is 5.69 Å². The maximum Gasteiger partial charge on any atom is 0.258 e. The van der Waals surface area contributed by atoms with Crippen LogP contribution < -0.4 is 4.90 Å². The van der Waals surface area contributed by atoms with Gasteiger partial charge in [0.25, 0.3) is 5.91 Å². The number of rotatable bonds is 6. The molecule has 0 radical (unpaired) electrons. The lowest BCUT2D eigenvalue weighted by Gasteiger charge is -2.33. The minimum Gasteiger partial charge on any atom is -0.308 e. The summed E-state index contributed by atoms with van der Waals surface area (Å²) in [5, 5.41) is 2.31. The molecule has 0 spiro atoms. The molecule has 3 nitrogen and oxygen atoms in total. The van der Waals surface area contributed by atoms with Crippen molar-refractivity contribution < 1.29 is 4.79 Å². The fourth-order valence-electron chi connectivity index (χ4n) is 4.65. The number of amides is 1. The fourth-order valence-corrected chi connectivity index (χ4v) is 4.65. The topological polar surface area (TPSA) is 23.6 Å². The van der Waals surface area contributed by atoms with Crippen molar-refractivity contribution >= 4 is 22.4 Å². The molecule has 0 atom stereocenters. The van der Waals surface area contributed by atoms with E-state index in [0.29, 0.717) is 0 Å². The number of likely N-dealkylation sites (tertiary alicyclic amines) is 1. The molecule has 0 N–H and O–H groups in total. The molecule has 4 rings (SSSR count). The number of anilines is 1. The fraction of sp³-hybridized carbons (Fsp3) is 0.522. The van der Waals surface area contributed by atoms with Crippen LogP contribution in [0, 0.1) is 11.8 Å². The summed E-state index contributed by atoms with van der Waals surface area (Å²) in [5.74, 6) is 1.91. The first-order valence-corrected chi connectivity index (χ1v) is 10.2. The molecule has 0 aliphatic carbocycles. The van der Waals surface area contributed by atoms with Gasteiger partial charge in [-0.3, -0.25) is 4.79 Å². The first-order valence-electron chi connectivity index (χ1n) is 10.2. The van der Waals surface area contributed by atoms with Gasteiger partial charge in [0, 0.05) is 17.5 Å². The summed E-state index contributed by atoms with van der Waals surface area (Å²) in [6, 6.07) is 12.3. The van der Waals surface area contributed by atoms with Gasteiger partial charge in [0.15, 0.2) is 0 Å². The van der Waals surface area contributed by atoms with Gasteiger partial charge in [-0.2, -0.15) is 0 Å². The maximum absolute atomic E-state index is 12.8. The van der Waals surface area contributed by atoms with E-state index in [4.69, 9.17) is 0 Å². The zero-order valence-corrected chi connectivity index (χ0v) is 16.1. The third-order valence-corrected chi connectivity index (χ3v) is 6.33. The maximum atomic E-state index is 12.8. The van der Waals surface area contributed by atoms with E-state index >= 15 is 0 Å². The predicted molar refractivity (Wildman–Crippen MR) is 109 cm³/mol. The highest BCUT2D eigenvalue weighted by atomic mass is 16.2. The van der Waals surface area contributed by atoms with Gasteiger partial charge < -0.3 is 9.80 Å². The van der Waals surface area contributed by atoms with E-state index in [9.17, 15) is 4.79 Å². The minimum atomic E-state index is 0.176. The normalized spacial score (nSPS) is 18.4. The molecular formula is C23H30N2O. The Hall–Kier alpha value is -1.87. The Morgan fingerprint density at radius 2 is 1.69 bits per heavy atom. The van der Waals surface area contributed by atoms with E-state index in [0.717, 1.165) is 41.4 Å². The average Bonchev–Trinajstić information content (AvgIpc) is 2.93. The van der Waals surface area contributed by atoms with Crippen molar-refractivity contribution in [1.29, 1.82) is 0 Å². The molecule has 26 heavy (non-hydrogen) atoms. The lowest BCUT2D eigenvalue weighted by atomic mass is 9.87. The van der Waals surface area contributed by atoms with Gasteiger partial charge in [0.05, 0.1) is 5.69 Å². The van der Waals surface area contributed by atoms with Crippen LogP contribution >= 0.6 is 0 Å². The molecule has 3 heteroatoms. The zero-order valence-electron chi connectivity index (χ0n) is 16.1. The molecule has 2 aliphatic rings. The number of unbranched alkanes of at least 4 members (excludes halogenated alkanes) is 1. The summed E-state index contributed by atoms with van der Waals surface area (Å²) < 4.78 is 0.